The Kier molecular flexibility index (Phi) is 5.70. The van der Waals surface area contributed by atoms with Crippen LogP contribution in [-0.2, 0) is 0 Å². The van der Waals surface area contributed by atoms with Gasteiger partial charge in [0.1, 0.15) is 6.10 Å². The van der Waals surface area contributed by atoms with Gasteiger partial charge in [0.15, 0.2) is 5.78 Å². The third-order valence-electron chi connectivity index (χ3n) is 4.98. The number of benzene rings is 2. The van der Waals surface area contributed by atoms with Gasteiger partial charge in [-0.15, -0.1) is 10.2 Å². The summed E-state index contributed by atoms with van der Waals surface area (Å²) in [5.41, 5.74) is 1.36. The van der Waals surface area contributed by atoms with Gasteiger partial charge >= 0.3 is 0 Å². The normalized spacial score (nSPS) is 15.6. The zero-order valence-electron chi connectivity index (χ0n) is 16.5. The van der Waals surface area contributed by atoms with E-state index < -0.39 is 0 Å². The van der Waals surface area contributed by atoms with Crippen molar-refractivity contribution in [3.05, 3.63) is 83.4 Å². The summed E-state index contributed by atoms with van der Waals surface area (Å²) >= 11 is 0. The molecule has 30 heavy (non-hydrogen) atoms. The molecule has 2 aromatic carbocycles. The topological polar surface area (TPSA) is 81.6 Å². The molecule has 0 radical (unpaired) electrons. The summed E-state index contributed by atoms with van der Waals surface area (Å²) < 4.78 is 10.8. The molecule has 1 saturated heterocycles. The van der Waals surface area contributed by atoms with Crippen LogP contribution in [0.25, 0.3) is 0 Å². The van der Waals surface area contributed by atoms with E-state index in [1.807, 2.05) is 18.2 Å². The highest BCUT2D eigenvalue weighted by molar-refractivity contribution is 6.15. The second-order valence-electron chi connectivity index (χ2n) is 6.93. The van der Waals surface area contributed by atoms with Crippen molar-refractivity contribution in [2.45, 2.75) is 12.5 Å². The lowest BCUT2D eigenvalue weighted by atomic mass is 9.97. The van der Waals surface area contributed by atoms with Gasteiger partial charge < -0.3 is 14.4 Å². The Balaban J connectivity index is 1.47. The number of hydrogen-bond acceptors (Lipinski definition) is 6. The van der Waals surface area contributed by atoms with E-state index in [4.69, 9.17) is 9.47 Å². The summed E-state index contributed by atoms with van der Waals surface area (Å²) in [6, 6.07) is 19.3. The zero-order chi connectivity index (χ0) is 20.9. The minimum Gasteiger partial charge on any atom is -0.480 e. The third-order valence-corrected chi connectivity index (χ3v) is 4.98. The van der Waals surface area contributed by atoms with Gasteiger partial charge in [-0.05, 0) is 6.07 Å². The van der Waals surface area contributed by atoms with E-state index in [0.717, 1.165) is 0 Å². The number of aromatic nitrogens is 2. The van der Waals surface area contributed by atoms with Crippen LogP contribution >= 0.6 is 0 Å². The molecular formula is C23H21N3O4. The van der Waals surface area contributed by atoms with Crippen LogP contribution in [0.3, 0.4) is 0 Å². The smallest absolute Gasteiger partial charge is 0.254 e. The van der Waals surface area contributed by atoms with Gasteiger partial charge in [0, 0.05) is 36.2 Å². The standard InChI is InChI=1S/C23H21N3O4/c1-29-20-11-12-21(25-24-20)30-17-13-14-26(15-17)23(28)19-10-6-5-9-18(19)22(27)16-7-3-2-4-8-16/h2-12,17H,13-15H2,1H3. The highest BCUT2D eigenvalue weighted by Gasteiger charge is 2.30. The van der Waals surface area contributed by atoms with Gasteiger partial charge in [-0.3, -0.25) is 9.59 Å². The quantitative estimate of drug-likeness (QED) is 0.589. The average molecular weight is 403 g/mol. The molecule has 4 rings (SSSR count). The fourth-order valence-electron chi connectivity index (χ4n) is 3.44. The van der Waals surface area contributed by atoms with E-state index in [2.05, 4.69) is 10.2 Å². The van der Waals surface area contributed by atoms with Crippen LogP contribution in [0.1, 0.15) is 32.7 Å². The lowest BCUT2D eigenvalue weighted by Crippen LogP contribution is -2.32. The first kappa shape index (κ1) is 19.6. The fourth-order valence-corrected chi connectivity index (χ4v) is 3.44. The maximum atomic E-state index is 13.2. The summed E-state index contributed by atoms with van der Waals surface area (Å²) in [6.45, 7) is 0.960. The first-order chi connectivity index (χ1) is 14.7. The first-order valence-electron chi connectivity index (χ1n) is 9.68. The van der Waals surface area contributed by atoms with Crippen molar-refractivity contribution in [1.82, 2.24) is 15.1 Å². The molecule has 0 bridgehead atoms. The van der Waals surface area contributed by atoms with Gasteiger partial charge in [-0.1, -0.05) is 48.5 Å². The predicted octanol–water partition coefficient (Wildman–Crippen LogP) is 3.01. The first-order valence-corrected chi connectivity index (χ1v) is 9.68. The van der Waals surface area contributed by atoms with Crippen LogP contribution in [0.2, 0.25) is 0 Å². The number of amides is 1. The second kappa shape index (κ2) is 8.73. The van der Waals surface area contributed by atoms with Gasteiger partial charge in [-0.25, -0.2) is 0 Å². The minimum atomic E-state index is -0.186. The number of rotatable bonds is 6. The lowest BCUT2D eigenvalue weighted by Gasteiger charge is -2.18. The number of ketones is 1. The van der Waals surface area contributed by atoms with E-state index >= 15 is 0 Å². The third kappa shape index (κ3) is 4.15. The number of likely N-dealkylation sites (tertiary alicyclic amines) is 1. The minimum absolute atomic E-state index is 0.167. The van der Waals surface area contributed by atoms with Crippen LogP contribution in [0.4, 0.5) is 0 Å². The molecule has 2 heterocycles. The van der Waals surface area contributed by atoms with E-state index in [1.165, 1.54) is 7.11 Å². The van der Waals surface area contributed by atoms with Gasteiger partial charge in [0.2, 0.25) is 11.8 Å². The van der Waals surface area contributed by atoms with E-state index in [9.17, 15) is 9.59 Å². The van der Waals surface area contributed by atoms with Crippen molar-refractivity contribution in [2.24, 2.45) is 0 Å². The van der Waals surface area contributed by atoms with Crippen molar-refractivity contribution in [1.29, 1.82) is 0 Å². The van der Waals surface area contributed by atoms with Gasteiger partial charge in [0.25, 0.3) is 5.91 Å². The number of carbonyl (C=O) groups is 2. The van der Waals surface area contributed by atoms with Crippen LogP contribution in [0, 0.1) is 0 Å². The summed E-state index contributed by atoms with van der Waals surface area (Å²) in [5, 5.41) is 7.85. The molecule has 0 N–H and O–H groups in total. The Labute approximate surface area is 174 Å². The highest BCUT2D eigenvalue weighted by atomic mass is 16.5. The van der Waals surface area contributed by atoms with Crippen LogP contribution in [0.15, 0.2) is 66.7 Å². The largest absolute Gasteiger partial charge is 0.480 e. The Bertz CT molecular complexity index is 1040. The summed E-state index contributed by atoms with van der Waals surface area (Å²) in [4.78, 5) is 27.8. The Morgan fingerprint density at radius 1 is 0.900 bits per heavy atom. The molecule has 1 aliphatic heterocycles. The molecule has 1 fully saturated rings. The number of ether oxygens (including phenoxy) is 2. The molecule has 0 saturated carbocycles. The average Bonchev–Trinajstić information content (AvgIpc) is 3.27. The molecule has 7 heteroatoms. The molecule has 0 spiro atoms. The maximum Gasteiger partial charge on any atom is 0.254 e. The van der Waals surface area contributed by atoms with E-state index in [-0.39, 0.29) is 17.8 Å². The van der Waals surface area contributed by atoms with Crippen molar-refractivity contribution >= 4 is 11.7 Å². The SMILES string of the molecule is COc1ccc(OC2CCN(C(=O)c3ccccc3C(=O)c3ccccc3)C2)nn1. The molecule has 1 amide bonds. The van der Waals surface area contributed by atoms with Crippen molar-refractivity contribution in [3.63, 3.8) is 0 Å². The molecule has 1 atom stereocenters. The van der Waals surface area contributed by atoms with Crippen molar-refractivity contribution in [2.75, 3.05) is 20.2 Å². The zero-order valence-corrected chi connectivity index (χ0v) is 16.5. The second-order valence-corrected chi connectivity index (χ2v) is 6.93. The number of methoxy groups -OCH3 is 1. The predicted molar refractivity (Wildman–Crippen MR) is 110 cm³/mol. The fraction of sp³-hybridized carbons (Fsp3) is 0.217. The van der Waals surface area contributed by atoms with Gasteiger partial charge in [0.05, 0.1) is 19.2 Å². The summed E-state index contributed by atoms with van der Waals surface area (Å²) in [5.74, 6) is 0.446. The van der Waals surface area contributed by atoms with Crippen LogP contribution in [0.5, 0.6) is 11.8 Å². The van der Waals surface area contributed by atoms with Crippen LogP contribution < -0.4 is 9.47 Å². The molecule has 3 aromatic rings. The van der Waals surface area contributed by atoms with Crippen molar-refractivity contribution < 1.29 is 19.1 Å². The Morgan fingerprint density at radius 3 is 2.27 bits per heavy atom. The molecule has 1 aromatic heterocycles. The lowest BCUT2D eigenvalue weighted by molar-refractivity contribution is 0.0766. The van der Waals surface area contributed by atoms with E-state index in [0.29, 0.717) is 48.0 Å². The number of hydrogen-bond donors (Lipinski definition) is 0. The molecular weight excluding hydrogens is 382 g/mol. The van der Waals surface area contributed by atoms with Crippen molar-refractivity contribution in [3.8, 4) is 11.8 Å². The highest BCUT2D eigenvalue weighted by Crippen LogP contribution is 2.22. The molecule has 7 nitrogen and oxygen atoms in total. The number of nitrogens with zero attached hydrogens (tertiary/aromatic N) is 3. The summed E-state index contributed by atoms with van der Waals surface area (Å²) in [7, 11) is 1.52. The number of carbonyl (C=O) groups excluding carboxylic acids is 2. The van der Waals surface area contributed by atoms with Gasteiger partial charge in [-0.2, -0.15) is 0 Å². The molecule has 1 aliphatic rings. The maximum absolute atomic E-state index is 13.2. The monoisotopic (exact) mass is 403 g/mol. The Morgan fingerprint density at radius 2 is 1.57 bits per heavy atom. The molecule has 152 valence electrons. The van der Waals surface area contributed by atoms with Crippen LogP contribution in [-0.4, -0.2) is 53.1 Å². The summed E-state index contributed by atoms with van der Waals surface area (Å²) in [6.07, 6.45) is 0.488. The van der Waals surface area contributed by atoms with E-state index in [1.54, 1.807) is 53.4 Å². The Hall–Kier alpha value is -3.74. The molecule has 1 unspecified atom stereocenters. The molecule has 0 aliphatic carbocycles.